The van der Waals surface area contributed by atoms with Crippen LogP contribution >= 0.6 is 0 Å². The molecule has 3 heterocycles. The van der Waals surface area contributed by atoms with Crippen LogP contribution in [-0.2, 0) is 21.4 Å². The number of amides is 3. The lowest BCUT2D eigenvalue weighted by molar-refractivity contribution is -0.136. The molecule has 210 valence electrons. The Morgan fingerprint density at radius 3 is 2.57 bits per heavy atom. The molecule has 6 rings (SSSR count). The Morgan fingerprint density at radius 2 is 1.83 bits per heavy atom. The number of benzene rings is 3. The van der Waals surface area contributed by atoms with Crippen molar-refractivity contribution < 1.29 is 18.8 Å². The summed E-state index contributed by atoms with van der Waals surface area (Å²) < 4.78 is 14.7. The summed E-state index contributed by atoms with van der Waals surface area (Å²) in [6.45, 7) is 0.0149. The van der Waals surface area contributed by atoms with Crippen LogP contribution in [0.4, 0.5) is 10.1 Å². The van der Waals surface area contributed by atoms with Crippen molar-refractivity contribution >= 4 is 23.4 Å². The van der Waals surface area contributed by atoms with E-state index in [-0.39, 0.29) is 31.0 Å². The largest absolute Gasteiger partial charge is 0.328 e. The Morgan fingerprint density at radius 1 is 1.12 bits per heavy atom. The van der Waals surface area contributed by atoms with Gasteiger partial charge in [0.05, 0.1) is 23.4 Å². The average Bonchev–Trinajstić information content (AvgIpc) is 3.73. The smallest absolute Gasteiger partial charge is 0.276 e. The zero-order valence-corrected chi connectivity index (χ0v) is 22.6. The molecule has 0 unspecified atom stereocenters. The number of nitriles is 1. The minimum atomic E-state index is -1.05. The molecular weight excluding hydrogens is 537 g/mol. The van der Waals surface area contributed by atoms with Crippen LogP contribution in [0.2, 0.25) is 0 Å². The van der Waals surface area contributed by atoms with Crippen molar-refractivity contribution in [3.05, 3.63) is 108 Å². The third kappa shape index (κ3) is 4.56. The number of fused-ring (bicyclic) bond motifs is 2. The third-order valence-electron chi connectivity index (χ3n) is 8.06. The molecule has 1 spiro atoms. The molecular formula is C31H26FN7O3. The second-order valence-corrected chi connectivity index (χ2v) is 10.5. The van der Waals surface area contributed by atoms with Crippen molar-refractivity contribution in [2.24, 2.45) is 0 Å². The van der Waals surface area contributed by atoms with Gasteiger partial charge in [0.25, 0.3) is 5.91 Å². The van der Waals surface area contributed by atoms with Crippen LogP contribution in [-0.4, -0.2) is 68.2 Å². The number of likely N-dealkylation sites (tertiary alicyclic amines) is 1. The first-order chi connectivity index (χ1) is 20.3. The van der Waals surface area contributed by atoms with Crippen molar-refractivity contribution in [1.82, 2.24) is 24.8 Å². The molecule has 0 saturated carbocycles. The van der Waals surface area contributed by atoms with Gasteiger partial charge in [-0.05, 0) is 41.5 Å². The van der Waals surface area contributed by atoms with Crippen molar-refractivity contribution in [1.29, 1.82) is 5.26 Å². The van der Waals surface area contributed by atoms with Crippen LogP contribution in [0.3, 0.4) is 0 Å². The molecule has 42 heavy (non-hydrogen) atoms. The Labute approximate surface area is 241 Å². The Balaban J connectivity index is 1.31. The van der Waals surface area contributed by atoms with Gasteiger partial charge in [-0.15, -0.1) is 5.10 Å². The number of aromatic nitrogens is 3. The Kier molecular flexibility index (Phi) is 6.74. The van der Waals surface area contributed by atoms with Crippen LogP contribution in [0.5, 0.6) is 0 Å². The molecule has 2 aliphatic heterocycles. The summed E-state index contributed by atoms with van der Waals surface area (Å²) in [5.74, 6) is -1.65. The summed E-state index contributed by atoms with van der Waals surface area (Å²) >= 11 is 0. The molecule has 4 aromatic rings. The summed E-state index contributed by atoms with van der Waals surface area (Å²) in [4.78, 5) is 43.9. The van der Waals surface area contributed by atoms with Gasteiger partial charge in [-0.2, -0.15) is 5.26 Å². The zero-order chi connectivity index (χ0) is 29.4. The predicted molar refractivity (Wildman–Crippen MR) is 150 cm³/mol. The number of nitrogens with zero attached hydrogens (tertiary/aromatic N) is 6. The van der Waals surface area contributed by atoms with Crippen LogP contribution in [0.15, 0.2) is 85.1 Å². The molecule has 10 nitrogen and oxygen atoms in total. The topological polar surface area (TPSA) is 124 Å². The van der Waals surface area contributed by atoms with Crippen LogP contribution in [0, 0.1) is 17.1 Å². The lowest BCUT2D eigenvalue weighted by atomic mass is 9.80. The van der Waals surface area contributed by atoms with E-state index < -0.39 is 35.1 Å². The molecule has 3 amide bonds. The predicted octanol–water partition coefficient (Wildman–Crippen LogP) is 3.10. The van der Waals surface area contributed by atoms with Crippen molar-refractivity contribution in [3.8, 4) is 11.8 Å². The van der Waals surface area contributed by atoms with Crippen LogP contribution in [0.25, 0.3) is 5.69 Å². The normalized spacial score (nSPS) is 19.7. The maximum atomic E-state index is 14.3. The highest BCUT2D eigenvalue weighted by Crippen LogP contribution is 2.46. The van der Waals surface area contributed by atoms with E-state index in [1.54, 1.807) is 6.07 Å². The van der Waals surface area contributed by atoms with Crippen LogP contribution < -0.4 is 5.32 Å². The van der Waals surface area contributed by atoms with Crippen molar-refractivity contribution in [2.45, 2.75) is 30.3 Å². The quantitative estimate of drug-likeness (QED) is 0.385. The fourth-order valence-electron chi connectivity index (χ4n) is 5.81. The Hall–Kier alpha value is -5.37. The molecule has 0 radical (unpaired) electrons. The second kappa shape index (κ2) is 10.6. The van der Waals surface area contributed by atoms with Gasteiger partial charge < -0.3 is 15.1 Å². The maximum absolute atomic E-state index is 14.3. The molecule has 3 atom stereocenters. The number of carbonyl (C=O) groups is 3. The molecule has 1 aromatic heterocycles. The van der Waals surface area contributed by atoms with E-state index in [2.05, 4.69) is 21.7 Å². The lowest BCUT2D eigenvalue weighted by Gasteiger charge is -2.32. The molecule has 2 aliphatic rings. The summed E-state index contributed by atoms with van der Waals surface area (Å²) in [5, 5.41) is 21.0. The number of likely N-dealkylation sites (N-methyl/N-ethyl adjacent to an activating group) is 1. The van der Waals surface area contributed by atoms with Gasteiger partial charge in [0.1, 0.15) is 17.9 Å². The van der Waals surface area contributed by atoms with Crippen molar-refractivity contribution in [3.63, 3.8) is 0 Å². The number of rotatable bonds is 6. The van der Waals surface area contributed by atoms with Crippen molar-refractivity contribution in [2.75, 3.05) is 18.9 Å². The zero-order valence-electron chi connectivity index (χ0n) is 22.6. The van der Waals surface area contributed by atoms with Gasteiger partial charge in [-0.25, -0.2) is 9.07 Å². The first-order valence-corrected chi connectivity index (χ1v) is 13.4. The molecule has 0 aliphatic carbocycles. The van der Waals surface area contributed by atoms with E-state index >= 15 is 0 Å². The second-order valence-electron chi connectivity index (χ2n) is 10.5. The first-order valence-electron chi connectivity index (χ1n) is 13.4. The minimum Gasteiger partial charge on any atom is -0.328 e. The van der Waals surface area contributed by atoms with E-state index in [1.165, 1.54) is 52.0 Å². The average molecular weight is 564 g/mol. The SMILES string of the molecule is CN(C(=O)c1cn(-c2ccc(F)cc2)nn1)[C@@H](Cc1ccccc1)C(=O)N1C[C@]2(C[C@H]1C#N)C(=O)Nc1ccccc12. The molecule has 1 saturated heterocycles. The summed E-state index contributed by atoms with van der Waals surface area (Å²) in [6.07, 6.45) is 1.75. The van der Waals surface area contributed by atoms with Gasteiger partial charge in [0.15, 0.2) is 5.69 Å². The number of hydrogen-bond donors (Lipinski definition) is 1. The van der Waals surface area contributed by atoms with Gasteiger partial charge in [0.2, 0.25) is 11.8 Å². The van der Waals surface area contributed by atoms with E-state index in [9.17, 15) is 24.0 Å². The fraction of sp³-hybridized carbons (Fsp3) is 0.226. The van der Waals surface area contributed by atoms with E-state index in [0.717, 1.165) is 11.1 Å². The monoisotopic (exact) mass is 563 g/mol. The Bertz CT molecular complexity index is 1720. The van der Waals surface area contributed by atoms with E-state index in [0.29, 0.717) is 11.4 Å². The fourth-order valence-corrected chi connectivity index (χ4v) is 5.81. The molecule has 3 aromatic carbocycles. The maximum Gasteiger partial charge on any atom is 0.276 e. The lowest BCUT2D eigenvalue weighted by Crippen LogP contribution is -2.52. The van der Waals surface area contributed by atoms with Gasteiger partial charge in [0, 0.05) is 32.1 Å². The van der Waals surface area contributed by atoms with E-state index in [4.69, 9.17) is 0 Å². The highest BCUT2D eigenvalue weighted by molar-refractivity contribution is 6.07. The number of nitrogens with one attached hydrogen (secondary N) is 1. The number of hydrogen-bond acceptors (Lipinski definition) is 6. The number of carbonyl (C=O) groups excluding carboxylic acids is 3. The van der Waals surface area contributed by atoms with Gasteiger partial charge >= 0.3 is 0 Å². The summed E-state index contributed by atoms with van der Waals surface area (Å²) in [7, 11) is 1.51. The molecule has 1 N–H and O–H groups in total. The number of para-hydroxylation sites is 1. The highest BCUT2D eigenvalue weighted by atomic mass is 19.1. The standard InChI is InChI=1S/C31H26FN7O3/c1-37(28(40)26-18-39(36-35-26)22-13-11-21(32)12-14-22)27(15-20-7-3-2-4-8-20)29(41)38-19-31(16-23(38)17-33)24-9-5-6-10-25(24)34-30(31)42/h2-14,18,23,27H,15-16,19H2,1H3,(H,34,42)/t23-,27-,31-/m0/s1. The first kappa shape index (κ1) is 26.8. The number of halogens is 1. The molecule has 1 fully saturated rings. The summed E-state index contributed by atoms with van der Waals surface area (Å²) in [5.41, 5.74) is 1.70. The van der Waals surface area contributed by atoms with Gasteiger partial charge in [-0.3, -0.25) is 14.4 Å². The minimum absolute atomic E-state index is 0.00786. The number of anilines is 1. The summed E-state index contributed by atoms with van der Waals surface area (Å²) in [6, 6.07) is 22.5. The van der Waals surface area contributed by atoms with Gasteiger partial charge in [-0.1, -0.05) is 53.7 Å². The van der Waals surface area contributed by atoms with Crippen LogP contribution in [0.1, 0.15) is 28.0 Å². The molecule has 0 bridgehead atoms. The van der Waals surface area contributed by atoms with E-state index in [1.807, 2.05) is 48.5 Å². The highest BCUT2D eigenvalue weighted by Gasteiger charge is 2.56. The molecule has 11 heteroatoms. The third-order valence-corrected chi connectivity index (χ3v) is 8.06.